The lowest BCUT2D eigenvalue weighted by molar-refractivity contribution is 0.137. The van der Waals surface area contributed by atoms with Crippen LogP contribution in [0, 0.1) is 34.0 Å². The second kappa shape index (κ2) is 11.0. The van der Waals surface area contributed by atoms with Crippen LogP contribution >= 0.6 is 0 Å². The first-order valence-corrected chi connectivity index (χ1v) is 13.3. The molecule has 2 aliphatic rings. The lowest BCUT2D eigenvalue weighted by Gasteiger charge is -2.35. The van der Waals surface area contributed by atoms with E-state index in [0.717, 1.165) is 24.8 Å². The van der Waals surface area contributed by atoms with Crippen LogP contribution < -0.4 is 5.32 Å². The summed E-state index contributed by atoms with van der Waals surface area (Å²) in [5.41, 5.74) is 4.26. The molecule has 2 rings (SSSR count). The Balaban J connectivity index is 1.69. The van der Waals surface area contributed by atoms with Crippen LogP contribution in [-0.4, -0.2) is 19.2 Å². The van der Waals surface area contributed by atoms with Crippen LogP contribution in [-0.2, 0) is 4.74 Å². The molecule has 1 N–H and O–H groups in total. The number of hydrogen-bond donors (Lipinski definition) is 1. The van der Waals surface area contributed by atoms with E-state index in [1.54, 1.807) is 11.1 Å². The maximum absolute atomic E-state index is 12.2. The molecule has 1 saturated carbocycles. The SMILES string of the molecule is CC(C)(C)CCCCCCNC(=O)OCC1[C@H]2CC/C(C(C)(C)C)=C(/C(C)(C)C)CC[C@@H]12. The first-order valence-electron chi connectivity index (χ1n) is 13.3. The third-order valence-electron chi connectivity index (χ3n) is 7.67. The summed E-state index contributed by atoms with van der Waals surface area (Å²) in [7, 11) is 0. The van der Waals surface area contributed by atoms with E-state index < -0.39 is 0 Å². The number of hydrogen-bond acceptors (Lipinski definition) is 2. The molecular weight excluding hydrogens is 394 g/mol. The molecule has 1 unspecified atom stereocenters. The topological polar surface area (TPSA) is 38.3 Å². The van der Waals surface area contributed by atoms with Crippen molar-refractivity contribution in [3.05, 3.63) is 11.1 Å². The molecule has 0 aromatic heterocycles. The molecule has 0 spiro atoms. The van der Waals surface area contributed by atoms with Gasteiger partial charge in [-0.3, -0.25) is 0 Å². The summed E-state index contributed by atoms with van der Waals surface area (Å²) in [5.74, 6) is 2.05. The Labute approximate surface area is 199 Å². The van der Waals surface area contributed by atoms with E-state index in [0.29, 0.717) is 17.9 Å². The summed E-state index contributed by atoms with van der Waals surface area (Å²) < 4.78 is 5.64. The summed E-state index contributed by atoms with van der Waals surface area (Å²) in [4.78, 5) is 12.2. The molecule has 1 amide bonds. The molecule has 0 saturated heterocycles. The van der Waals surface area contributed by atoms with Crippen LogP contribution in [0.3, 0.4) is 0 Å². The lowest BCUT2D eigenvalue weighted by Crippen LogP contribution is -2.26. The van der Waals surface area contributed by atoms with Crippen molar-refractivity contribution in [3.8, 4) is 0 Å². The van der Waals surface area contributed by atoms with Crippen molar-refractivity contribution in [1.82, 2.24) is 5.32 Å². The van der Waals surface area contributed by atoms with Gasteiger partial charge in [-0.2, -0.15) is 0 Å². The molecule has 0 bridgehead atoms. The van der Waals surface area contributed by atoms with E-state index in [1.807, 2.05) is 0 Å². The second-order valence-corrected chi connectivity index (χ2v) is 13.8. The number of allylic oxidation sites excluding steroid dienone is 2. The molecule has 3 heteroatoms. The maximum atomic E-state index is 12.2. The van der Waals surface area contributed by atoms with Crippen LogP contribution in [0.5, 0.6) is 0 Å². The van der Waals surface area contributed by atoms with Crippen LogP contribution in [0.2, 0.25) is 0 Å². The van der Waals surface area contributed by atoms with Gasteiger partial charge in [-0.15, -0.1) is 0 Å². The Bertz CT molecular complexity index is 608. The van der Waals surface area contributed by atoms with Crippen LogP contribution in [0.15, 0.2) is 11.1 Å². The summed E-state index contributed by atoms with van der Waals surface area (Å²) in [6.45, 7) is 22.5. The van der Waals surface area contributed by atoms with Crippen molar-refractivity contribution in [2.45, 2.75) is 120 Å². The Morgan fingerprint density at radius 2 is 1.31 bits per heavy atom. The van der Waals surface area contributed by atoms with E-state index in [4.69, 9.17) is 4.74 Å². The Morgan fingerprint density at radius 1 is 0.812 bits per heavy atom. The number of amides is 1. The van der Waals surface area contributed by atoms with Crippen molar-refractivity contribution in [3.63, 3.8) is 0 Å². The quantitative estimate of drug-likeness (QED) is 0.299. The van der Waals surface area contributed by atoms with Gasteiger partial charge < -0.3 is 10.1 Å². The van der Waals surface area contributed by atoms with Gasteiger partial charge in [-0.1, -0.05) is 92.7 Å². The van der Waals surface area contributed by atoms with Crippen molar-refractivity contribution in [2.24, 2.45) is 34.0 Å². The first kappa shape index (κ1) is 27.3. The van der Waals surface area contributed by atoms with Gasteiger partial charge in [0.2, 0.25) is 0 Å². The number of carbonyl (C=O) groups is 1. The number of nitrogens with one attached hydrogen (secondary N) is 1. The van der Waals surface area contributed by atoms with Crippen molar-refractivity contribution in [1.29, 1.82) is 0 Å². The molecule has 0 aromatic carbocycles. The fourth-order valence-electron chi connectivity index (χ4n) is 5.75. The lowest BCUT2D eigenvalue weighted by atomic mass is 9.71. The fraction of sp³-hybridized carbons (Fsp3) is 0.897. The van der Waals surface area contributed by atoms with Gasteiger partial charge in [-0.25, -0.2) is 4.79 Å². The summed E-state index contributed by atoms with van der Waals surface area (Å²) in [5, 5.41) is 2.96. The zero-order chi connectivity index (χ0) is 24.2. The molecule has 3 atom stereocenters. The molecule has 2 aliphatic carbocycles. The molecule has 3 nitrogen and oxygen atoms in total. The molecule has 186 valence electrons. The highest BCUT2D eigenvalue weighted by Crippen LogP contribution is 2.56. The minimum atomic E-state index is -0.220. The van der Waals surface area contributed by atoms with Crippen LogP contribution in [0.4, 0.5) is 4.79 Å². The summed E-state index contributed by atoms with van der Waals surface area (Å²) in [6, 6.07) is 0. The number of unbranched alkanes of at least 4 members (excludes halogenated alkanes) is 3. The van der Waals surface area contributed by atoms with Gasteiger partial charge >= 0.3 is 6.09 Å². The number of carbonyl (C=O) groups excluding carboxylic acids is 1. The Hall–Kier alpha value is -0.990. The standard InChI is InChI=1S/C29H53NO2/c1-27(2,3)18-12-10-11-13-19-30-26(31)32-20-23-21-14-16-24(28(4,5)6)25(29(7,8)9)17-15-22(21)23/h21-23H,10-20H2,1-9H3,(H,30,31)/b25-24-/t21-,22+,23?. The minimum absolute atomic E-state index is 0.220. The van der Waals surface area contributed by atoms with Crippen molar-refractivity contribution < 1.29 is 9.53 Å². The number of alkyl carbamates (subject to hydrolysis) is 1. The monoisotopic (exact) mass is 447 g/mol. The number of rotatable bonds is 8. The third kappa shape index (κ3) is 8.75. The zero-order valence-electron chi connectivity index (χ0n) is 22.8. The van der Waals surface area contributed by atoms with Crippen LogP contribution in [0.1, 0.15) is 120 Å². The Morgan fingerprint density at radius 3 is 1.78 bits per heavy atom. The number of ether oxygens (including phenoxy) is 1. The number of fused-ring (bicyclic) bond motifs is 1. The van der Waals surface area contributed by atoms with Crippen LogP contribution in [0.25, 0.3) is 0 Å². The van der Waals surface area contributed by atoms with Gasteiger partial charge in [0, 0.05) is 6.54 Å². The average molecular weight is 448 g/mol. The molecule has 32 heavy (non-hydrogen) atoms. The predicted molar refractivity (Wildman–Crippen MR) is 137 cm³/mol. The Kier molecular flexibility index (Phi) is 9.33. The van der Waals surface area contributed by atoms with E-state index >= 15 is 0 Å². The zero-order valence-corrected chi connectivity index (χ0v) is 22.8. The van der Waals surface area contributed by atoms with Gasteiger partial charge in [0.15, 0.2) is 0 Å². The highest BCUT2D eigenvalue weighted by molar-refractivity contribution is 5.67. The molecule has 1 fully saturated rings. The van der Waals surface area contributed by atoms with E-state index in [-0.39, 0.29) is 16.9 Å². The summed E-state index contributed by atoms with van der Waals surface area (Å²) >= 11 is 0. The molecule has 0 heterocycles. The maximum Gasteiger partial charge on any atom is 0.407 e. The van der Waals surface area contributed by atoms with E-state index in [2.05, 4.69) is 67.6 Å². The predicted octanol–water partition coefficient (Wildman–Crippen LogP) is 8.53. The fourth-order valence-corrected chi connectivity index (χ4v) is 5.75. The molecule has 0 aliphatic heterocycles. The van der Waals surface area contributed by atoms with Crippen molar-refractivity contribution in [2.75, 3.05) is 13.2 Å². The molecular formula is C29H53NO2. The van der Waals surface area contributed by atoms with Gasteiger partial charge in [0.05, 0.1) is 6.61 Å². The summed E-state index contributed by atoms with van der Waals surface area (Å²) in [6.07, 6.45) is 10.7. The normalized spacial score (nSPS) is 26.7. The largest absolute Gasteiger partial charge is 0.449 e. The first-order chi connectivity index (χ1) is 14.7. The smallest absolute Gasteiger partial charge is 0.407 e. The minimum Gasteiger partial charge on any atom is -0.449 e. The molecule has 0 aromatic rings. The molecule has 0 radical (unpaired) electrons. The highest BCUT2D eigenvalue weighted by Gasteiger charge is 2.50. The third-order valence-corrected chi connectivity index (χ3v) is 7.67. The van der Waals surface area contributed by atoms with E-state index in [1.165, 1.54) is 51.4 Å². The van der Waals surface area contributed by atoms with Gasteiger partial charge in [-0.05, 0) is 72.5 Å². The van der Waals surface area contributed by atoms with Gasteiger partial charge in [0.1, 0.15) is 0 Å². The average Bonchev–Trinajstić information content (AvgIpc) is 3.25. The second-order valence-electron chi connectivity index (χ2n) is 13.8. The van der Waals surface area contributed by atoms with E-state index in [9.17, 15) is 4.79 Å². The highest BCUT2D eigenvalue weighted by atomic mass is 16.5. The van der Waals surface area contributed by atoms with Gasteiger partial charge in [0.25, 0.3) is 0 Å². The van der Waals surface area contributed by atoms with Crippen molar-refractivity contribution >= 4 is 6.09 Å².